The zero-order chi connectivity index (χ0) is 21.4. The van der Waals surface area contributed by atoms with Gasteiger partial charge in [0, 0.05) is 19.8 Å². The van der Waals surface area contributed by atoms with E-state index in [0.717, 1.165) is 0 Å². The number of hydrogen-bond acceptors (Lipinski definition) is 4. The van der Waals surface area contributed by atoms with Gasteiger partial charge in [-0.1, -0.05) is 36.4 Å². The Morgan fingerprint density at radius 3 is 2.17 bits per heavy atom. The van der Waals surface area contributed by atoms with Crippen LogP contribution in [0.5, 0.6) is 0 Å². The molecule has 0 aromatic heterocycles. The molecule has 2 atom stereocenters. The van der Waals surface area contributed by atoms with Crippen molar-refractivity contribution in [2.45, 2.75) is 31.8 Å². The van der Waals surface area contributed by atoms with Gasteiger partial charge < -0.3 is 15.7 Å². The highest BCUT2D eigenvalue weighted by Crippen LogP contribution is 2.12. The number of benzene rings is 2. The number of carboxylic acids is 1. The van der Waals surface area contributed by atoms with Gasteiger partial charge in [-0.2, -0.15) is 5.26 Å². The number of amides is 2. The van der Waals surface area contributed by atoms with Gasteiger partial charge in [0.25, 0.3) is 0 Å². The standard InChI is InChI=1S/C21H20FN3O4/c1-13(26)24-18(11-15-7-4-5-9-17(15)22)20(27)25-19(21(28)29)10-14-6-2-3-8-16(14)12-23/h2-9,18-19H,10-11H2,1H3,(H,24,26)(H,25,27)(H,28,29)/t18-,19+/m1/s1. The predicted molar refractivity (Wildman–Crippen MR) is 102 cm³/mol. The lowest BCUT2D eigenvalue weighted by atomic mass is 10.00. The smallest absolute Gasteiger partial charge is 0.326 e. The number of halogens is 1. The first-order valence-electron chi connectivity index (χ1n) is 8.83. The Morgan fingerprint density at radius 2 is 1.59 bits per heavy atom. The monoisotopic (exact) mass is 397 g/mol. The molecule has 2 aromatic rings. The van der Waals surface area contributed by atoms with E-state index in [1.54, 1.807) is 30.3 Å². The van der Waals surface area contributed by atoms with Gasteiger partial charge in [-0.3, -0.25) is 9.59 Å². The Kier molecular flexibility index (Phi) is 7.43. The fourth-order valence-corrected chi connectivity index (χ4v) is 2.84. The molecule has 7 nitrogen and oxygen atoms in total. The molecule has 2 aromatic carbocycles. The van der Waals surface area contributed by atoms with E-state index in [1.807, 2.05) is 6.07 Å². The van der Waals surface area contributed by atoms with Gasteiger partial charge in [-0.05, 0) is 23.3 Å². The molecular formula is C21H20FN3O4. The average molecular weight is 397 g/mol. The summed E-state index contributed by atoms with van der Waals surface area (Å²) in [6, 6.07) is 11.8. The van der Waals surface area contributed by atoms with Gasteiger partial charge in [0.2, 0.25) is 11.8 Å². The second-order valence-corrected chi connectivity index (χ2v) is 6.42. The van der Waals surface area contributed by atoms with Crippen molar-refractivity contribution in [1.82, 2.24) is 10.6 Å². The van der Waals surface area contributed by atoms with Crippen molar-refractivity contribution in [3.05, 3.63) is 71.0 Å². The van der Waals surface area contributed by atoms with E-state index in [-0.39, 0.29) is 18.4 Å². The minimum absolute atomic E-state index is 0.114. The van der Waals surface area contributed by atoms with Crippen LogP contribution in [0.4, 0.5) is 4.39 Å². The van der Waals surface area contributed by atoms with Crippen molar-refractivity contribution in [3.63, 3.8) is 0 Å². The van der Waals surface area contributed by atoms with E-state index < -0.39 is 35.7 Å². The molecule has 0 aliphatic carbocycles. The molecular weight excluding hydrogens is 377 g/mol. The summed E-state index contributed by atoms with van der Waals surface area (Å²) in [6.45, 7) is 1.21. The maximum absolute atomic E-state index is 13.9. The SMILES string of the molecule is CC(=O)N[C@H](Cc1ccccc1F)C(=O)N[C@@H](Cc1ccccc1C#N)C(=O)O. The summed E-state index contributed by atoms with van der Waals surface area (Å²) < 4.78 is 13.9. The number of carbonyl (C=O) groups is 3. The molecule has 29 heavy (non-hydrogen) atoms. The molecule has 3 N–H and O–H groups in total. The maximum Gasteiger partial charge on any atom is 0.326 e. The second-order valence-electron chi connectivity index (χ2n) is 6.42. The first-order chi connectivity index (χ1) is 13.8. The third-order valence-corrected chi connectivity index (χ3v) is 4.25. The zero-order valence-corrected chi connectivity index (χ0v) is 15.7. The molecule has 0 saturated carbocycles. The molecule has 0 radical (unpaired) electrons. The van der Waals surface area contributed by atoms with Gasteiger partial charge in [-0.15, -0.1) is 0 Å². The van der Waals surface area contributed by atoms with Crippen molar-refractivity contribution in [3.8, 4) is 6.07 Å². The van der Waals surface area contributed by atoms with Crippen molar-refractivity contribution in [2.75, 3.05) is 0 Å². The van der Waals surface area contributed by atoms with Crippen LogP contribution in [0.1, 0.15) is 23.6 Å². The van der Waals surface area contributed by atoms with E-state index in [4.69, 9.17) is 5.26 Å². The topological polar surface area (TPSA) is 119 Å². The van der Waals surface area contributed by atoms with Crippen molar-refractivity contribution in [2.24, 2.45) is 0 Å². The van der Waals surface area contributed by atoms with Crippen LogP contribution < -0.4 is 10.6 Å². The lowest BCUT2D eigenvalue weighted by Gasteiger charge is -2.21. The molecule has 0 spiro atoms. The van der Waals surface area contributed by atoms with E-state index in [2.05, 4.69) is 10.6 Å². The van der Waals surface area contributed by atoms with Gasteiger partial charge in [0.05, 0.1) is 11.6 Å². The van der Waals surface area contributed by atoms with Crippen LogP contribution in [0.15, 0.2) is 48.5 Å². The van der Waals surface area contributed by atoms with Crippen LogP contribution in [-0.2, 0) is 27.2 Å². The van der Waals surface area contributed by atoms with Crippen molar-refractivity contribution < 1.29 is 23.9 Å². The predicted octanol–water partition coefficient (Wildman–Crippen LogP) is 1.56. The minimum atomic E-state index is -1.33. The van der Waals surface area contributed by atoms with Crippen LogP contribution in [-0.4, -0.2) is 35.0 Å². The molecule has 150 valence electrons. The summed E-state index contributed by atoms with van der Waals surface area (Å²) in [5.74, 6) is -3.10. The minimum Gasteiger partial charge on any atom is -0.480 e. The molecule has 2 rings (SSSR count). The molecule has 0 heterocycles. The third-order valence-electron chi connectivity index (χ3n) is 4.25. The molecule has 0 fully saturated rings. The van der Waals surface area contributed by atoms with Crippen molar-refractivity contribution in [1.29, 1.82) is 5.26 Å². The van der Waals surface area contributed by atoms with Crippen LogP contribution in [0, 0.1) is 17.1 Å². The number of nitriles is 1. The number of rotatable bonds is 8. The highest BCUT2D eigenvalue weighted by Gasteiger charge is 2.27. The first-order valence-corrected chi connectivity index (χ1v) is 8.83. The quantitative estimate of drug-likeness (QED) is 0.624. The Labute approximate surface area is 167 Å². The summed E-state index contributed by atoms with van der Waals surface area (Å²) in [5.41, 5.74) is 0.980. The Hall–Kier alpha value is -3.73. The second kappa shape index (κ2) is 9.99. The molecule has 0 aliphatic rings. The summed E-state index contributed by atoms with van der Waals surface area (Å²) in [7, 11) is 0. The Morgan fingerprint density at radius 1 is 1.00 bits per heavy atom. The molecule has 0 saturated heterocycles. The fraction of sp³-hybridized carbons (Fsp3) is 0.238. The van der Waals surface area contributed by atoms with Crippen LogP contribution >= 0.6 is 0 Å². The first kappa shape index (κ1) is 21.6. The lowest BCUT2D eigenvalue weighted by Crippen LogP contribution is -2.52. The average Bonchev–Trinajstić information content (AvgIpc) is 2.68. The van der Waals surface area contributed by atoms with Gasteiger partial charge in [0.1, 0.15) is 17.9 Å². The molecule has 0 unspecified atom stereocenters. The van der Waals surface area contributed by atoms with E-state index in [0.29, 0.717) is 11.1 Å². The Balaban J connectivity index is 2.20. The lowest BCUT2D eigenvalue weighted by molar-refractivity contribution is -0.142. The number of nitrogens with one attached hydrogen (secondary N) is 2. The molecule has 0 aliphatic heterocycles. The van der Waals surface area contributed by atoms with E-state index in [9.17, 15) is 23.9 Å². The number of nitrogens with zero attached hydrogens (tertiary/aromatic N) is 1. The van der Waals surface area contributed by atoms with Crippen LogP contribution in [0.25, 0.3) is 0 Å². The van der Waals surface area contributed by atoms with Crippen LogP contribution in [0.2, 0.25) is 0 Å². The summed E-state index contributed by atoms with van der Waals surface area (Å²) >= 11 is 0. The number of carbonyl (C=O) groups excluding carboxylic acids is 2. The van der Waals surface area contributed by atoms with Gasteiger partial charge in [-0.25, -0.2) is 9.18 Å². The van der Waals surface area contributed by atoms with Crippen molar-refractivity contribution >= 4 is 17.8 Å². The van der Waals surface area contributed by atoms with Crippen LogP contribution in [0.3, 0.4) is 0 Å². The highest BCUT2D eigenvalue weighted by atomic mass is 19.1. The number of carboxylic acid groups (broad SMARTS) is 1. The largest absolute Gasteiger partial charge is 0.480 e. The summed E-state index contributed by atoms with van der Waals surface area (Å²) in [4.78, 5) is 35.8. The highest BCUT2D eigenvalue weighted by molar-refractivity contribution is 5.90. The van der Waals surface area contributed by atoms with E-state index in [1.165, 1.54) is 25.1 Å². The summed E-state index contributed by atoms with van der Waals surface area (Å²) in [5, 5.41) is 23.5. The number of aliphatic carboxylic acids is 1. The fourth-order valence-electron chi connectivity index (χ4n) is 2.84. The molecule has 8 heteroatoms. The van der Waals surface area contributed by atoms with Gasteiger partial charge >= 0.3 is 5.97 Å². The molecule has 0 bridgehead atoms. The maximum atomic E-state index is 13.9. The normalized spacial score (nSPS) is 12.3. The Bertz CT molecular complexity index is 955. The number of hydrogen-bond donors (Lipinski definition) is 3. The zero-order valence-electron chi connectivity index (χ0n) is 15.7. The van der Waals surface area contributed by atoms with Gasteiger partial charge in [0.15, 0.2) is 0 Å². The third kappa shape index (κ3) is 6.14. The molecule has 2 amide bonds. The van der Waals surface area contributed by atoms with E-state index >= 15 is 0 Å². The summed E-state index contributed by atoms with van der Waals surface area (Å²) in [6.07, 6.45) is -0.253.